The molecule has 0 atom stereocenters. The SMILES string of the molecule is N#C/C(=N\O)C(=O)N1CCN(C(=O)/C(C#N)=N/O)CC1. The number of carbonyl (C=O) groups is 2. The lowest BCUT2D eigenvalue weighted by atomic mass is 10.2. The van der Waals surface area contributed by atoms with Crippen LogP contribution in [0.5, 0.6) is 0 Å². The maximum Gasteiger partial charge on any atom is 0.286 e. The Hall–Kier alpha value is -3.14. The van der Waals surface area contributed by atoms with Crippen molar-refractivity contribution in [3.8, 4) is 12.1 Å². The molecule has 0 saturated carbocycles. The molecular formula is C10H10N6O4. The van der Waals surface area contributed by atoms with Gasteiger partial charge in [0.1, 0.15) is 12.1 Å². The topological polar surface area (TPSA) is 153 Å². The van der Waals surface area contributed by atoms with Gasteiger partial charge in [0.15, 0.2) is 0 Å². The molecule has 0 bridgehead atoms. The van der Waals surface area contributed by atoms with E-state index in [2.05, 4.69) is 10.3 Å². The molecule has 2 N–H and O–H groups in total. The van der Waals surface area contributed by atoms with E-state index < -0.39 is 23.2 Å². The molecule has 10 heteroatoms. The van der Waals surface area contributed by atoms with Crippen LogP contribution < -0.4 is 0 Å². The fourth-order valence-electron chi connectivity index (χ4n) is 1.64. The lowest BCUT2D eigenvalue weighted by Gasteiger charge is -2.33. The number of carbonyl (C=O) groups excluding carboxylic acids is 2. The van der Waals surface area contributed by atoms with E-state index in [9.17, 15) is 9.59 Å². The predicted octanol–water partition coefficient (Wildman–Crippen LogP) is -1.64. The highest BCUT2D eigenvalue weighted by atomic mass is 16.4. The normalized spacial score (nSPS) is 16.3. The summed E-state index contributed by atoms with van der Waals surface area (Å²) < 4.78 is 0. The van der Waals surface area contributed by atoms with Gasteiger partial charge in [-0.15, -0.1) is 0 Å². The highest BCUT2D eigenvalue weighted by Crippen LogP contribution is 2.04. The third kappa shape index (κ3) is 3.00. The third-order valence-corrected chi connectivity index (χ3v) is 2.67. The Bertz CT molecular complexity index is 497. The zero-order valence-electron chi connectivity index (χ0n) is 10.2. The quantitative estimate of drug-likeness (QED) is 0.351. The van der Waals surface area contributed by atoms with E-state index >= 15 is 0 Å². The first-order chi connectivity index (χ1) is 9.58. The van der Waals surface area contributed by atoms with Crippen LogP contribution in [0.15, 0.2) is 10.3 Å². The van der Waals surface area contributed by atoms with Crippen molar-refractivity contribution < 1.29 is 20.0 Å². The Morgan fingerprint density at radius 3 is 1.35 bits per heavy atom. The summed E-state index contributed by atoms with van der Waals surface area (Å²) in [4.78, 5) is 25.8. The van der Waals surface area contributed by atoms with Crippen molar-refractivity contribution in [2.24, 2.45) is 10.3 Å². The van der Waals surface area contributed by atoms with Crippen molar-refractivity contribution in [1.29, 1.82) is 10.5 Å². The molecule has 0 unspecified atom stereocenters. The van der Waals surface area contributed by atoms with E-state index in [1.165, 1.54) is 21.9 Å². The second-order valence-electron chi connectivity index (χ2n) is 3.71. The van der Waals surface area contributed by atoms with E-state index in [4.69, 9.17) is 20.9 Å². The number of rotatable bonds is 2. The molecule has 0 spiro atoms. The van der Waals surface area contributed by atoms with Crippen molar-refractivity contribution in [2.75, 3.05) is 26.2 Å². The number of nitriles is 2. The first-order valence-electron chi connectivity index (χ1n) is 5.41. The van der Waals surface area contributed by atoms with E-state index in [0.717, 1.165) is 0 Å². The van der Waals surface area contributed by atoms with Crippen LogP contribution in [0, 0.1) is 22.7 Å². The molecule has 10 nitrogen and oxygen atoms in total. The van der Waals surface area contributed by atoms with Gasteiger partial charge in [-0.25, -0.2) is 0 Å². The van der Waals surface area contributed by atoms with Crippen LogP contribution in [0.1, 0.15) is 0 Å². The number of hydrogen-bond donors (Lipinski definition) is 2. The van der Waals surface area contributed by atoms with E-state index in [0.29, 0.717) is 0 Å². The van der Waals surface area contributed by atoms with Gasteiger partial charge >= 0.3 is 0 Å². The Kier molecular flexibility index (Phi) is 5.00. The van der Waals surface area contributed by atoms with E-state index in [-0.39, 0.29) is 26.2 Å². The van der Waals surface area contributed by atoms with E-state index in [1.807, 2.05) is 0 Å². The van der Waals surface area contributed by atoms with Crippen LogP contribution in [-0.4, -0.2) is 69.6 Å². The summed E-state index contributed by atoms with van der Waals surface area (Å²) in [5.74, 6) is -1.48. The number of hydrogen-bond acceptors (Lipinski definition) is 8. The maximum absolute atomic E-state index is 11.7. The van der Waals surface area contributed by atoms with Gasteiger partial charge in [0, 0.05) is 26.2 Å². The van der Waals surface area contributed by atoms with Gasteiger partial charge in [-0.05, 0) is 0 Å². The summed E-state index contributed by atoms with van der Waals surface area (Å²) in [5, 5.41) is 39.3. The van der Waals surface area contributed by atoms with Crippen molar-refractivity contribution in [1.82, 2.24) is 9.80 Å². The smallest absolute Gasteiger partial charge is 0.286 e. The van der Waals surface area contributed by atoms with Crippen LogP contribution in [0.25, 0.3) is 0 Å². The molecule has 20 heavy (non-hydrogen) atoms. The molecule has 104 valence electrons. The third-order valence-electron chi connectivity index (χ3n) is 2.67. The van der Waals surface area contributed by atoms with Crippen molar-refractivity contribution in [3.05, 3.63) is 0 Å². The molecule has 0 aliphatic carbocycles. The summed E-state index contributed by atoms with van der Waals surface area (Å²) >= 11 is 0. The van der Waals surface area contributed by atoms with Gasteiger partial charge in [0.05, 0.1) is 0 Å². The first-order valence-corrected chi connectivity index (χ1v) is 5.41. The van der Waals surface area contributed by atoms with Crippen LogP contribution in [0.4, 0.5) is 0 Å². The first kappa shape index (κ1) is 14.9. The Balaban J connectivity index is 2.66. The minimum atomic E-state index is -0.738. The Morgan fingerprint density at radius 1 is 0.850 bits per heavy atom. The summed E-state index contributed by atoms with van der Waals surface area (Å²) in [6.45, 7) is 0.426. The van der Waals surface area contributed by atoms with Crippen LogP contribution in [0.3, 0.4) is 0 Å². The zero-order valence-corrected chi connectivity index (χ0v) is 10.2. The van der Waals surface area contributed by atoms with Crippen molar-refractivity contribution in [3.63, 3.8) is 0 Å². The van der Waals surface area contributed by atoms with Crippen LogP contribution in [0.2, 0.25) is 0 Å². The largest absolute Gasteiger partial charge is 0.410 e. The van der Waals surface area contributed by atoms with Gasteiger partial charge in [0.2, 0.25) is 11.4 Å². The Morgan fingerprint density at radius 2 is 1.15 bits per heavy atom. The summed E-state index contributed by atoms with van der Waals surface area (Å²) in [6, 6.07) is 2.90. The maximum atomic E-state index is 11.7. The second kappa shape index (κ2) is 6.70. The molecule has 0 aromatic rings. The standard InChI is InChI=1S/C10H10N6O4/c11-5-7(13-19)9(17)15-1-2-16(4-3-15)10(18)8(6-12)14-20/h19-20H,1-4H2/b13-7+,14-8+. The van der Waals surface area contributed by atoms with Gasteiger partial charge in [-0.1, -0.05) is 10.3 Å². The van der Waals surface area contributed by atoms with Crippen LogP contribution in [-0.2, 0) is 9.59 Å². The number of amides is 2. The molecule has 2 amide bonds. The lowest BCUT2D eigenvalue weighted by Crippen LogP contribution is -2.53. The van der Waals surface area contributed by atoms with Crippen LogP contribution >= 0.6 is 0 Å². The molecule has 1 aliphatic rings. The second-order valence-corrected chi connectivity index (χ2v) is 3.71. The molecule has 0 radical (unpaired) electrons. The molecule has 0 aromatic heterocycles. The van der Waals surface area contributed by atoms with Gasteiger partial charge < -0.3 is 20.2 Å². The fraction of sp³-hybridized carbons (Fsp3) is 0.400. The molecule has 1 saturated heterocycles. The lowest BCUT2D eigenvalue weighted by molar-refractivity contribution is -0.131. The minimum absolute atomic E-state index is 0.107. The van der Waals surface area contributed by atoms with Gasteiger partial charge in [-0.2, -0.15) is 10.5 Å². The number of piperazine rings is 1. The molecule has 0 aromatic carbocycles. The minimum Gasteiger partial charge on any atom is -0.410 e. The highest BCUT2D eigenvalue weighted by molar-refractivity contribution is 6.45. The summed E-state index contributed by atoms with van der Waals surface area (Å²) in [5.41, 5.74) is -1.28. The molecule has 1 rings (SSSR count). The van der Waals surface area contributed by atoms with E-state index in [1.54, 1.807) is 0 Å². The predicted molar refractivity (Wildman–Crippen MR) is 62.8 cm³/mol. The molecule has 1 aliphatic heterocycles. The Labute approximate surface area is 113 Å². The fourth-order valence-corrected chi connectivity index (χ4v) is 1.64. The van der Waals surface area contributed by atoms with Gasteiger partial charge in [0.25, 0.3) is 11.8 Å². The summed E-state index contributed by atoms with van der Waals surface area (Å²) in [6.07, 6.45) is 0. The van der Waals surface area contributed by atoms with Crippen molar-refractivity contribution in [2.45, 2.75) is 0 Å². The average molecular weight is 278 g/mol. The van der Waals surface area contributed by atoms with Gasteiger partial charge in [-0.3, -0.25) is 9.59 Å². The zero-order chi connectivity index (χ0) is 15.1. The number of nitrogens with zero attached hydrogens (tertiary/aromatic N) is 6. The average Bonchev–Trinajstić information content (AvgIpc) is 2.49. The molecular weight excluding hydrogens is 268 g/mol. The molecule has 1 heterocycles. The number of oxime groups is 2. The van der Waals surface area contributed by atoms with Crippen molar-refractivity contribution >= 4 is 23.2 Å². The highest BCUT2D eigenvalue weighted by Gasteiger charge is 2.29. The monoisotopic (exact) mass is 278 g/mol. The molecule has 1 fully saturated rings. The summed E-state index contributed by atoms with van der Waals surface area (Å²) in [7, 11) is 0.